The van der Waals surface area contributed by atoms with Crippen LogP contribution in [-0.2, 0) is 17.6 Å². The summed E-state index contributed by atoms with van der Waals surface area (Å²) < 4.78 is 44.4. The second kappa shape index (κ2) is 9.84. The van der Waals surface area contributed by atoms with Crippen LogP contribution in [0.25, 0.3) is 10.6 Å². The third kappa shape index (κ3) is 5.56. The Morgan fingerprint density at radius 1 is 1.03 bits per heavy atom. The Morgan fingerprint density at radius 3 is 2.44 bits per heavy atom. The van der Waals surface area contributed by atoms with Gasteiger partial charge in [0.2, 0.25) is 5.91 Å². The predicted octanol–water partition coefficient (Wildman–Crippen LogP) is 4.71. The van der Waals surface area contributed by atoms with Crippen molar-refractivity contribution in [3.63, 3.8) is 0 Å². The lowest BCUT2D eigenvalue weighted by Crippen LogP contribution is -2.50. The van der Waals surface area contributed by atoms with E-state index in [4.69, 9.17) is 4.74 Å². The third-order valence-electron chi connectivity index (χ3n) is 5.48. The van der Waals surface area contributed by atoms with Crippen LogP contribution in [0.3, 0.4) is 0 Å². The van der Waals surface area contributed by atoms with Crippen molar-refractivity contribution in [3.8, 4) is 16.3 Å². The predicted molar refractivity (Wildman–Crippen MR) is 121 cm³/mol. The summed E-state index contributed by atoms with van der Waals surface area (Å²) in [6, 6.07) is 12.1. The number of halogens is 3. The van der Waals surface area contributed by atoms with Crippen molar-refractivity contribution in [1.29, 1.82) is 0 Å². The molecule has 0 spiro atoms. The maximum Gasteiger partial charge on any atom is 0.416 e. The van der Waals surface area contributed by atoms with E-state index in [2.05, 4.69) is 4.98 Å². The Kier molecular flexibility index (Phi) is 6.87. The highest BCUT2D eigenvalue weighted by molar-refractivity contribution is 7.13. The number of carbonyl (C=O) groups excluding carboxylic acids is 2. The SMILES string of the molecule is CC(=O)N1CCN(C(=O)c2csc(-c3cccc(OCc4cccc(C(F)(F)F)c4)c3)n2)CC1. The average molecular weight is 490 g/mol. The Bertz CT molecular complexity index is 1190. The van der Waals surface area contributed by atoms with Gasteiger partial charge in [-0.25, -0.2) is 4.98 Å². The van der Waals surface area contributed by atoms with E-state index in [1.165, 1.54) is 24.3 Å². The molecule has 34 heavy (non-hydrogen) atoms. The van der Waals surface area contributed by atoms with Crippen molar-refractivity contribution in [2.24, 2.45) is 0 Å². The van der Waals surface area contributed by atoms with Crippen molar-refractivity contribution < 1.29 is 27.5 Å². The number of aromatic nitrogens is 1. The highest BCUT2D eigenvalue weighted by Crippen LogP contribution is 2.31. The van der Waals surface area contributed by atoms with Gasteiger partial charge in [-0.15, -0.1) is 11.3 Å². The summed E-state index contributed by atoms with van der Waals surface area (Å²) in [6.45, 7) is 3.43. The molecular formula is C24H22F3N3O3S. The molecular weight excluding hydrogens is 467 g/mol. The van der Waals surface area contributed by atoms with E-state index in [-0.39, 0.29) is 18.4 Å². The van der Waals surface area contributed by atoms with Gasteiger partial charge in [-0.05, 0) is 29.8 Å². The van der Waals surface area contributed by atoms with E-state index in [0.29, 0.717) is 48.2 Å². The summed E-state index contributed by atoms with van der Waals surface area (Å²) in [5.41, 5.74) is 0.774. The summed E-state index contributed by atoms with van der Waals surface area (Å²) in [6.07, 6.45) is -4.41. The van der Waals surface area contributed by atoms with Crippen molar-refractivity contribution in [2.75, 3.05) is 26.2 Å². The Labute approximate surface area is 198 Å². The average Bonchev–Trinajstić information content (AvgIpc) is 3.33. The smallest absolute Gasteiger partial charge is 0.416 e. The highest BCUT2D eigenvalue weighted by atomic mass is 32.1. The van der Waals surface area contributed by atoms with Crippen LogP contribution in [0.2, 0.25) is 0 Å². The summed E-state index contributed by atoms with van der Waals surface area (Å²) in [5.74, 6) is 0.305. The number of hydrogen-bond donors (Lipinski definition) is 0. The lowest BCUT2D eigenvalue weighted by molar-refractivity contribution is -0.137. The topological polar surface area (TPSA) is 62.7 Å². The first-order valence-corrected chi connectivity index (χ1v) is 11.5. The van der Waals surface area contributed by atoms with Crippen molar-refractivity contribution in [3.05, 3.63) is 70.7 Å². The molecule has 0 N–H and O–H groups in total. The summed E-state index contributed by atoms with van der Waals surface area (Å²) in [5, 5.41) is 2.33. The molecule has 1 saturated heterocycles. The molecule has 2 amide bonds. The number of rotatable bonds is 5. The maximum atomic E-state index is 12.9. The lowest BCUT2D eigenvalue weighted by atomic mass is 10.1. The zero-order valence-electron chi connectivity index (χ0n) is 18.3. The molecule has 1 aliphatic heterocycles. The Morgan fingerprint density at radius 2 is 1.74 bits per heavy atom. The van der Waals surface area contributed by atoms with Gasteiger partial charge in [0.05, 0.1) is 5.56 Å². The Hall–Kier alpha value is -3.40. The quantitative estimate of drug-likeness (QED) is 0.521. The molecule has 1 aromatic heterocycles. The molecule has 0 unspecified atom stereocenters. The summed E-state index contributed by atoms with van der Waals surface area (Å²) in [4.78, 5) is 32.1. The molecule has 1 aliphatic rings. The zero-order valence-corrected chi connectivity index (χ0v) is 19.2. The van der Waals surface area contributed by atoms with Crippen LogP contribution in [0.15, 0.2) is 53.9 Å². The van der Waals surface area contributed by atoms with Crippen LogP contribution in [0.5, 0.6) is 5.75 Å². The number of nitrogens with zero attached hydrogens (tertiary/aromatic N) is 3. The molecule has 6 nitrogen and oxygen atoms in total. The first-order chi connectivity index (χ1) is 16.2. The minimum Gasteiger partial charge on any atom is -0.489 e. The first kappa shape index (κ1) is 23.7. The van der Waals surface area contributed by atoms with Crippen molar-refractivity contribution in [1.82, 2.24) is 14.8 Å². The standard InChI is InChI=1S/C24H22F3N3O3S/c1-16(31)29-8-10-30(11-9-29)23(32)21-15-34-22(28-21)18-5-3-7-20(13-18)33-14-17-4-2-6-19(12-17)24(25,26)27/h2-7,12-13,15H,8-11,14H2,1H3. The summed E-state index contributed by atoms with van der Waals surface area (Å²) >= 11 is 1.32. The van der Waals surface area contributed by atoms with Gasteiger partial charge in [0, 0.05) is 44.0 Å². The second-order valence-corrected chi connectivity index (χ2v) is 8.71. The number of alkyl halides is 3. The van der Waals surface area contributed by atoms with Crippen molar-refractivity contribution >= 4 is 23.2 Å². The lowest BCUT2D eigenvalue weighted by Gasteiger charge is -2.33. The van der Waals surface area contributed by atoms with Crippen LogP contribution < -0.4 is 4.74 Å². The number of hydrogen-bond acceptors (Lipinski definition) is 5. The molecule has 0 radical (unpaired) electrons. The molecule has 1 fully saturated rings. The van der Waals surface area contributed by atoms with Gasteiger partial charge >= 0.3 is 6.18 Å². The number of thiazole rings is 1. The van der Waals surface area contributed by atoms with Gasteiger partial charge in [0.25, 0.3) is 5.91 Å². The highest BCUT2D eigenvalue weighted by Gasteiger charge is 2.30. The molecule has 4 rings (SSSR count). The van der Waals surface area contributed by atoms with Crippen LogP contribution in [0.1, 0.15) is 28.5 Å². The number of carbonyl (C=O) groups is 2. The van der Waals surface area contributed by atoms with Gasteiger partial charge < -0.3 is 14.5 Å². The largest absolute Gasteiger partial charge is 0.489 e. The fraction of sp³-hybridized carbons (Fsp3) is 0.292. The normalized spacial score (nSPS) is 14.2. The molecule has 10 heteroatoms. The number of piperazine rings is 1. The molecule has 2 aromatic carbocycles. The van der Waals surface area contributed by atoms with Crippen LogP contribution in [0.4, 0.5) is 13.2 Å². The zero-order chi connectivity index (χ0) is 24.3. The first-order valence-electron chi connectivity index (χ1n) is 10.6. The second-order valence-electron chi connectivity index (χ2n) is 7.85. The van der Waals surface area contributed by atoms with Crippen molar-refractivity contribution in [2.45, 2.75) is 19.7 Å². The van der Waals surface area contributed by atoms with Gasteiger partial charge in [-0.3, -0.25) is 9.59 Å². The van der Waals surface area contributed by atoms with Gasteiger partial charge in [0.15, 0.2) is 0 Å². The van der Waals surface area contributed by atoms with E-state index in [9.17, 15) is 22.8 Å². The molecule has 0 bridgehead atoms. The van der Waals surface area contributed by atoms with Gasteiger partial charge in [-0.1, -0.05) is 24.3 Å². The molecule has 0 atom stereocenters. The maximum absolute atomic E-state index is 12.9. The molecule has 0 saturated carbocycles. The summed E-state index contributed by atoms with van der Waals surface area (Å²) in [7, 11) is 0. The van der Waals surface area contributed by atoms with E-state index < -0.39 is 11.7 Å². The molecule has 2 heterocycles. The van der Waals surface area contributed by atoms with Crippen LogP contribution in [0, 0.1) is 0 Å². The fourth-order valence-electron chi connectivity index (χ4n) is 3.61. The minimum absolute atomic E-state index is 0.00167. The van der Waals surface area contributed by atoms with E-state index >= 15 is 0 Å². The molecule has 178 valence electrons. The monoisotopic (exact) mass is 489 g/mol. The fourth-order valence-corrected chi connectivity index (χ4v) is 4.40. The Balaban J connectivity index is 1.41. The number of amides is 2. The van der Waals surface area contributed by atoms with Crippen LogP contribution >= 0.6 is 11.3 Å². The minimum atomic E-state index is -4.41. The third-order valence-corrected chi connectivity index (χ3v) is 6.37. The van der Waals surface area contributed by atoms with E-state index in [0.717, 1.165) is 17.7 Å². The molecule has 3 aromatic rings. The van der Waals surface area contributed by atoms with Gasteiger partial charge in [-0.2, -0.15) is 13.2 Å². The van der Waals surface area contributed by atoms with Gasteiger partial charge in [0.1, 0.15) is 23.1 Å². The number of ether oxygens (including phenoxy) is 1. The van der Waals surface area contributed by atoms with Crippen LogP contribution in [-0.4, -0.2) is 52.8 Å². The van der Waals surface area contributed by atoms with E-state index in [1.807, 2.05) is 6.07 Å². The molecule has 0 aliphatic carbocycles. The van der Waals surface area contributed by atoms with E-state index in [1.54, 1.807) is 39.4 Å². The number of benzene rings is 2.